The van der Waals surface area contributed by atoms with Gasteiger partial charge in [-0.05, 0) is 42.8 Å². The lowest BCUT2D eigenvalue weighted by molar-refractivity contribution is -0.137. The van der Waals surface area contributed by atoms with Gasteiger partial charge >= 0.3 is 6.18 Å². The monoisotopic (exact) mass is 541 g/mol. The summed E-state index contributed by atoms with van der Waals surface area (Å²) < 4.78 is 58.6. The number of hydrogen-bond donors (Lipinski definition) is 2. The highest BCUT2D eigenvalue weighted by Crippen LogP contribution is 2.37. The maximum atomic E-state index is 13.4. The molecule has 0 aliphatic carbocycles. The van der Waals surface area contributed by atoms with Crippen molar-refractivity contribution in [1.82, 2.24) is 15.3 Å². The summed E-state index contributed by atoms with van der Waals surface area (Å²) in [6.45, 7) is 0.473. The van der Waals surface area contributed by atoms with Crippen LogP contribution in [0.15, 0.2) is 53.8 Å². The lowest BCUT2D eigenvalue weighted by Gasteiger charge is -2.25. The predicted molar refractivity (Wildman–Crippen MR) is 134 cm³/mol. The first kappa shape index (κ1) is 26.4. The molecule has 4 heterocycles. The Morgan fingerprint density at radius 1 is 1.08 bits per heavy atom. The van der Waals surface area contributed by atoms with Gasteiger partial charge in [0.05, 0.1) is 58.8 Å². The molecular formula is C27H23F4N5O3. The standard InChI is InChI=1S/C27H23F4N5O3/c28-17-1-4-21(20(10-17)27(29,30)31)36-19-3-2-18(33-14-19)13-35-25(38)26(6-8-39-15-26)11-24(37)16-9-23-22(34-12-16)5-7-32-23/h1-4,7,9-10,12,14,36H,5-6,8,11,13,15H2,(H,35,38)/t26-/m0/s1. The number of amides is 1. The van der Waals surface area contributed by atoms with E-state index in [2.05, 4.69) is 25.6 Å². The Hall–Kier alpha value is -4.19. The SMILES string of the molecule is O=C(C[C@@]1(C(=O)NCc2ccc(Nc3ccc(F)cc3C(F)(F)F)cn2)CCOC1)c1cnc2c(c1)N=CC2. The topological polar surface area (TPSA) is 106 Å². The molecule has 1 fully saturated rings. The molecule has 0 spiro atoms. The van der Waals surface area contributed by atoms with Crippen LogP contribution in [0.4, 0.5) is 34.6 Å². The number of ether oxygens (including phenoxy) is 1. The molecule has 0 unspecified atom stereocenters. The number of alkyl halides is 3. The number of Topliss-reactive ketones (excluding diaryl/α,β-unsaturated/α-hetero) is 1. The number of carbonyl (C=O) groups is 2. The molecule has 0 bridgehead atoms. The van der Waals surface area contributed by atoms with Crippen molar-refractivity contribution in [2.24, 2.45) is 10.4 Å². The summed E-state index contributed by atoms with van der Waals surface area (Å²) in [6.07, 6.45) is 0.733. The van der Waals surface area contributed by atoms with Gasteiger partial charge in [-0.1, -0.05) is 0 Å². The first-order valence-corrected chi connectivity index (χ1v) is 12.1. The van der Waals surface area contributed by atoms with Gasteiger partial charge < -0.3 is 15.4 Å². The highest BCUT2D eigenvalue weighted by Gasteiger charge is 2.44. The molecule has 1 amide bonds. The summed E-state index contributed by atoms with van der Waals surface area (Å²) in [7, 11) is 0. The third kappa shape index (κ3) is 5.80. The summed E-state index contributed by atoms with van der Waals surface area (Å²) in [6, 6.07) is 7.07. The number of carbonyl (C=O) groups excluding carboxylic acids is 2. The van der Waals surface area contributed by atoms with Crippen LogP contribution < -0.4 is 10.6 Å². The van der Waals surface area contributed by atoms with Crippen LogP contribution in [0.5, 0.6) is 0 Å². The van der Waals surface area contributed by atoms with E-state index in [1.807, 2.05) is 0 Å². The van der Waals surface area contributed by atoms with Gasteiger partial charge in [-0.3, -0.25) is 24.5 Å². The second-order valence-electron chi connectivity index (χ2n) is 9.42. The Bertz CT molecular complexity index is 1430. The zero-order valence-corrected chi connectivity index (χ0v) is 20.5. The van der Waals surface area contributed by atoms with Crippen LogP contribution in [0.1, 0.15) is 40.2 Å². The smallest absolute Gasteiger partial charge is 0.380 e. The number of pyridine rings is 2. The fraction of sp³-hybridized carbons (Fsp3) is 0.296. The lowest BCUT2D eigenvalue weighted by atomic mass is 9.80. The molecular weight excluding hydrogens is 518 g/mol. The highest BCUT2D eigenvalue weighted by molar-refractivity contribution is 6.00. The summed E-state index contributed by atoms with van der Waals surface area (Å²) >= 11 is 0. The number of nitrogens with one attached hydrogen (secondary N) is 2. The second kappa shape index (κ2) is 10.5. The van der Waals surface area contributed by atoms with Crippen molar-refractivity contribution in [1.29, 1.82) is 0 Å². The average molecular weight is 542 g/mol. The molecule has 0 saturated carbocycles. The minimum atomic E-state index is -4.74. The van der Waals surface area contributed by atoms with Crippen LogP contribution in [-0.4, -0.2) is 41.1 Å². The number of aromatic nitrogens is 2. The molecule has 1 atom stereocenters. The van der Waals surface area contributed by atoms with E-state index in [-0.39, 0.29) is 42.6 Å². The van der Waals surface area contributed by atoms with Crippen molar-refractivity contribution < 1.29 is 31.9 Å². The van der Waals surface area contributed by atoms with Gasteiger partial charge in [0.2, 0.25) is 5.91 Å². The fourth-order valence-electron chi connectivity index (χ4n) is 4.53. The van der Waals surface area contributed by atoms with E-state index in [1.54, 1.807) is 18.3 Å². The predicted octanol–water partition coefficient (Wildman–Crippen LogP) is 4.93. The molecule has 202 valence electrons. The third-order valence-electron chi connectivity index (χ3n) is 6.69. The molecule has 2 N–H and O–H groups in total. The lowest BCUT2D eigenvalue weighted by Crippen LogP contribution is -2.42. The van der Waals surface area contributed by atoms with Crippen LogP contribution in [-0.2, 0) is 28.7 Å². The van der Waals surface area contributed by atoms with Gasteiger partial charge in [0.25, 0.3) is 0 Å². The number of ketones is 1. The summed E-state index contributed by atoms with van der Waals surface area (Å²) in [5.74, 6) is -1.59. The molecule has 2 aliphatic rings. The van der Waals surface area contributed by atoms with Crippen molar-refractivity contribution in [3.05, 3.63) is 77.1 Å². The van der Waals surface area contributed by atoms with Crippen LogP contribution in [0.2, 0.25) is 0 Å². The quantitative estimate of drug-likeness (QED) is 0.310. The number of fused-ring (bicyclic) bond motifs is 1. The van der Waals surface area contributed by atoms with Crippen molar-refractivity contribution in [3.63, 3.8) is 0 Å². The van der Waals surface area contributed by atoms with Crippen LogP contribution in [0.25, 0.3) is 0 Å². The molecule has 1 saturated heterocycles. The molecule has 39 heavy (non-hydrogen) atoms. The Morgan fingerprint density at radius 2 is 1.92 bits per heavy atom. The minimum absolute atomic E-state index is 0.0362. The molecule has 5 rings (SSSR count). The van der Waals surface area contributed by atoms with E-state index >= 15 is 0 Å². The van der Waals surface area contributed by atoms with Crippen molar-refractivity contribution >= 4 is 35.0 Å². The van der Waals surface area contributed by atoms with Gasteiger partial charge in [-0.25, -0.2) is 4.39 Å². The third-order valence-corrected chi connectivity index (χ3v) is 6.69. The number of nitrogens with zero attached hydrogens (tertiary/aromatic N) is 3. The average Bonchev–Trinajstić information content (AvgIpc) is 3.58. The zero-order valence-electron chi connectivity index (χ0n) is 20.5. The highest BCUT2D eigenvalue weighted by atomic mass is 19.4. The van der Waals surface area contributed by atoms with Crippen molar-refractivity contribution in [2.75, 3.05) is 18.5 Å². The van der Waals surface area contributed by atoms with Gasteiger partial charge in [0.15, 0.2) is 5.78 Å². The number of hydrogen-bond acceptors (Lipinski definition) is 7. The molecule has 1 aromatic carbocycles. The van der Waals surface area contributed by atoms with Crippen molar-refractivity contribution in [3.8, 4) is 0 Å². The number of rotatable bonds is 8. The van der Waals surface area contributed by atoms with E-state index in [0.29, 0.717) is 42.5 Å². The van der Waals surface area contributed by atoms with E-state index in [4.69, 9.17) is 4.74 Å². The Labute approximate surface area is 220 Å². The molecule has 12 heteroatoms. The molecule has 8 nitrogen and oxygen atoms in total. The second-order valence-corrected chi connectivity index (χ2v) is 9.42. The first-order chi connectivity index (χ1) is 18.6. The first-order valence-electron chi connectivity index (χ1n) is 12.1. The van der Waals surface area contributed by atoms with Crippen LogP contribution >= 0.6 is 0 Å². The maximum Gasteiger partial charge on any atom is 0.418 e. The molecule has 2 aliphatic heterocycles. The molecule has 2 aromatic heterocycles. The normalized spacial score (nSPS) is 18.2. The Kier molecular flexibility index (Phi) is 7.13. The van der Waals surface area contributed by atoms with E-state index in [0.717, 1.165) is 17.8 Å². The van der Waals surface area contributed by atoms with Gasteiger partial charge in [-0.15, -0.1) is 0 Å². The summed E-state index contributed by atoms with van der Waals surface area (Å²) in [5.41, 5.74) is 0.0379. The van der Waals surface area contributed by atoms with Crippen molar-refractivity contribution in [2.45, 2.75) is 32.0 Å². The molecule has 3 aromatic rings. The van der Waals surface area contributed by atoms with E-state index in [9.17, 15) is 27.2 Å². The number of halogens is 4. The number of anilines is 2. The Morgan fingerprint density at radius 3 is 2.64 bits per heavy atom. The fourth-order valence-corrected chi connectivity index (χ4v) is 4.53. The van der Waals surface area contributed by atoms with E-state index in [1.165, 1.54) is 18.5 Å². The van der Waals surface area contributed by atoms with Crippen LogP contribution in [0, 0.1) is 11.2 Å². The van der Waals surface area contributed by atoms with Crippen LogP contribution in [0.3, 0.4) is 0 Å². The van der Waals surface area contributed by atoms with Gasteiger partial charge in [0, 0.05) is 37.4 Å². The Balaban J connectivity index is 1.22. The largest absolute Gasteiger partial charge is 0.418 e. The summed E-state index contributed by atoms with van der Waals surface area (Å²) in [5, 5.41) is 5.40. The van der Waals surface area contributed by atoms with E-state index < -0.39 is 23.0 Å². The number of aliphatic imine (C=N–C) groups is 1. The zero-order chi connectivity index (χ0) is 27.6. The van der Waals surface area contributed by atoms with Gasteiger partial charge in [0.1, 0.15) is 5.82 Å². The maximum absolute atomic E-state index is 13.4. The number of benzene rings is 1. The van der Waals surface area contributed by atoms with Gasteiger partial charge in [-0.2, -0.15) is 13.2 Å². The summed E-state index contributed by atoms with van der Waals surface area (Å²) in [4.78, 5) is 38.9. The molecule has 0 radical (unpaired) electrons. The minimum Gasteiger partial charge on any atom is -0.380 e.